The van der Waals surface area contributed by atoms with Gasteiger partial charge in [0.15, 0.2) is 0 Å². The number of para-hydroxylation sites is 1. The molecule has 2 atom stereocenters. The number of anilines is 1. The van der Waals surface area contributed by atoms with E-state index in [4.69, 9.17) is 0 Å². The molecule has 172 valence electrons. The van der Waals surface area contributed by atoms with Crippen molar-refractivity contribution >= 4 is 23.2 Å². The summed E-state index contributed by atoms with van der Waals surface area (Å²) in [5.74, 6) is -2.56. The molecule has 5 rings (SSSR count). The number of rotatable bonds is 5. The van der Waals surface area contributed by atoms with E-state index in [0.29, 0.717) is 23.2 Å². The van der Waals surface area contributed by atoms with Gasteiger partial charge in [0.05, 0.1) is 11.4 Å². The molecule has 2 aliphatic heterocycles. The van der Waals surface area contributed by atoms with Crippen molar-refractivity contribution in [3.05, 3.63) is 95.1 Å². The lowest BCUT2D eigenvalue weighted by Gasteiger charge is -2.22. The SMILES string of the molecule is Cc1cccc(C2=NN(c3ccc(F)cc3)C3C(=O)N(CCc4ccc(F)cc4)C(=O)C23)c1O. The summed E-state index contributed by atoms with van der Waals surface area (Å²) in [6.45, 7) is 1.86. The Morgan fingerprint density at radius 1 is 0.912 bits per heavy atom. The zero-order chi connectivity index (χ0) is 24.0. The van der Waals surface area contributed by atoms with Crippen LogP contribution in [0.4, 0.5) is 14.5 Å². The van der Waals surface area contributed by atoms with Crippen LogP contribution in [0.1, 0.15) is 16.7 Å². The quantitative estimate of drug-likeness (QED) is 0.587. The predicted molar refractivity (Wildman–Crippen MR) is 122 cm³/mol. The van der Waals surface area contributed by atoms with E-state index < -0.39 is 29.6 Å². The van der Waals surface area contributed by atoms with Crippen LogP contribution in [0.2, 0.25) is 0 Å². The molecular weight excluding hydrogens is 440 g/mol. The van der Waals surface area contributed by atoms with Gasteiger partial charge in [-0.3, -0.25) is 19.5 Å². The van der Waals surface area contributed by atoms with Crippen LogP contribution in [-0.2, 0) is 16.0 Å². The number of aryl methyl sites for hydroxylation is 1. The average Bonchev–Trinajstić information content (AvgIpc) is 3.33. The number of amides is 2. The molecule has 0 aliphatic carbocycles. The molecule has 0 bridgehead atoms. The monoisotopic (exact) mass is 461 g/mol. The third-order valence-electron chi connectivity index (χ3n) is 6.28. The topological polar surface area (TPSA) is 73.2 Å². The number of hydrazone groups is 1. The minimum Gasteiger partial charge on any atom is -0.507 e. The van der Waals surface area contributed by atoms with E-state index in [1.807, 2.05) is 0 Å². The van der Waals surface area contributed by atoms with E-state index in [-0.39, 0.29) is 23.8 Å². The first-order chi connectivity index (χ1) is 16.3. The van der Waals surface area contributed by atoms with Crippen LogP contribution < -0.4 is 5.01 Å². The molecule has 1 saturated heterocycles. The summed E-state index contributed by atoms with van der Waals surface area (Å²) >= 11 is 0. The lowest BCUT2D eigenvalue weighted by Crippen LogP contribution is -2.39. The van der Waals surface area contributed by atoms with E-state index in [0.717, 1.165) is 5.56 Å². The van der Waals surface area contributed by atoms with Crippen molar-refractivity contribution in [1.82, 2.24) is 4.90 Å². The first kappa shape index (κ1) is 21.8. The fourth-order valence-electron chi connectivity index (χ4n) is 4.48. The second-order valence-corrected chi connectivity index (χ2v) is 8.40. The summed E-state index contributed by atoms with van der Waals surface area (Å²) in [5, 5.41) is 16.7. The van der Waals surface area contributed by atoms with Gasteiger partial charge < -0.3 is 5.11 Å². The number of phenols is 1. The number of imide groups is 1. The van der Waals surface area contributed by atoms with Crippen LogP contribution in [0.25, 0.3) is 0 Å². The Morgan fingerprint density at radius 2 is 1.56 bits per heavy atom. The van der Waals surface area contributed by atoms with Crippen LogP contribution in [0.3, 0.4) is 0 Å². The molecular formula is C26H21F2N3O3. The third kappa shape index (κ3) is 3.61. The Hall–Kier alpha value is -4.07. The number of aromatic hydroxyl groups is 1. The number of likely N-dealkylation sites (tertiary alicyclic amines) is 1. The maximum absolute atomic E-state index is 13.5. The maximum atomic E-state index is 13.5. The van der Waals surface area contributed by atoms with Gasteiger partial charge in [-0.05, 0) is 66.9 Å². The standard InChI is InChI=1S/C26H21F2N3O3/c1-15-3-2-4-20(24(15)32)22-21-23(31(29-22)19-11-9-18(28)10-12-19)26(34)30(25(21)33)14-13-16-5-7-17(27)8-6-16/h2-12,21,23,32H,13-14H2,1H3. The highest BCUT2D eigenvalue weighted by Gasteiger charge is 2.57. The zero-order valence-corrected chi connectivity index (χ0v) is 18.3. The fraction of sp³-hybridized carbons (Fsp3) is 0.192. The van der Waals surface area contributed by atoms with Gasteiger partial charge in [0.25, 0.3) is 5.91 Å². The Balaban J connectivity index is 1.52. The Labute approximate surface area is 194 Å². The minimum absolute atomic E-state index is 0.00836. The van der Waals surface area contributed by atoms with Crippen molar-refractivity contribution in [2.45, 2.75) is 19.4 Å². The zero-order valence-electron chi connectivity index (χ0n) is 18.3. The number of phenolic OH excluding ortho intramolecular Hbond substituents is 1. The molecule has 34 heavy (non-hydrogen) atoms. The highest BCUT2D eigenvalue weighted by Crippen LogP contribution is 2.39. The summed E-state index contributed by atoms with van der Waals surface area (Å²) < 4.78 is 26.7. The van der Waals surface area contributed by atoms with Crippen molar-refractivity contribution in [2.75, 3.05) is 11.6 Å². The lowest BCUT2D eigenvalue weighted by atomic mass is 9.91. The first-order valence-corrected chi connectivity index (χ1v) is 10.9. The molecule has 2 unspecified atom stereocenters. The van der Waals surface area contributed by atoms with Crippen molar-refractivity contribution in [3.8, 4) is 5.75 Å². The maximum Gasteiger partial charge on any atom is 0.255 e. The molecule has 0 aromatic heterocycles. The Bertz CT molecular complexity index is 1310. The molecule has 3 aromatic carbocycles. The Kier molecular flexibility index (Phi) is 5.36. The highest BCUT2D eigenvalue weighted by atomic mass is 19.1. The summed E-state index contributed by atoms with van der Waals surface area (Å²) in [6.07, 6.45) is 0.371. The molecule has 0 radical (unpaired) electrons. The van der Waals surface area contributed by atoms with E-state index in [1.54, 1.807) is 37.3 Å². The average molecular weight is 461 g/mol. The van der Waals surface area contributed by atoms with Crippen LogP contribution in [0.5, 0.6) is 5.75 Å². The number of carbonyl (C=O) groups excluding carboxylic acids is 2. The van der Waals surface area contributed by atoms with E-state index in [1.165, 1.54) is 46.3 Å². The number of nitrogens with zero attached hydrogens (tertiary/aromatic N) is 3. The van der Waals surface area contributed by atoms with E-state index >= 15 is 0 Å². The molecule has 1 N–H and O–H groups in total. The molecule has 0 spiro atoms. The molecule has 2 amide bonds. The number of benzene rings is 3. The van der Waals surface area contributed by atoms with Gasteiger partial charge in [-0.2, -0.15) is 5.10 Å². The van der Waals surface area contributed by atoms with Gasteiger partial charge in [0.1, 0.15) is 29.3 Å². The van der Waals surface area contributed by atoms with Gasteiger partial charge in [0, 0.05) is 12.1 Å². The normalized spacial score (nSPS) is 19.6. The molecule has 6 nitrogen and oxygen atoms in total. The second kappa shape index (κ2) is 8.37. The van der Waals surface area contributed by atoms with Crippen LogP contribution >= 0.6 is 0 Å². The molecule has 2 heterocycles. The van der Waals surface area contributed by atoms with Crippen molar-refractivity contribution in [1.29, 1.82) is 0 Å². The highest BCUT2D eigenvalue weighted by molar-refractivity contribution is 6.26. The number of hydrogen-bond donors (Lipinski definition) is 1. The van der Waals surface area contributed by atoms with Crippen LogP contribution in [0.15, 0.2) is 71.8 Å². The largest absolute Gasteiger partial charge is 0.507 e. The van der Waals surface area contributed by atoms with E-state index in [2.05, 4.69) is 5.10 Å². The second-order valence-electron chi connectivity index (χ2n) is 8.40. The third-order valence-corrected chi connectivity index (χ3v) is 6.28. The number of fused-ring (bicyclic) bond motifs is 1. The lowest BCUT2D eigenvalue weighted by molar-refractivity contribution is -0.139. The van der Waals surface area contributed by atoms with Gasteiger partial charge in [-0.15, -0.1) is 0 Å². The van der Waals surface area contributed by atoms with Crippen LogP contribution in [-0.4, -0.2) is 40.1 Å². The van der Waals surface area contributed by atoms with Gasteiger partial charge in [-0.25, -0.2) is 8.78 Å². The van der Waals surface area contributed by atoms with Crippen LogP contribution in [0, 0.1) is 24.5 Å². The number of carbonyl (C=O) groups is 2. The fourth-order valence-corrected chi connectivity index (χ4v) is 4.48. The Morgan fingerprint density at radius 3 is 2.24 bits per heavy atom. The molecule has 2 aliphatic rings. The summed E-state index contributed by atoms with van der Waals surface area (Å²) in [7, 11) is 0. The number of hydrogen-bond acceptors (Lipinski definition) is 5. The minimum atomic E-state index is -0.943. The van der Waals surface area contributed by atoms with Gasteiger partial charge in [-0.1, -0.05) is 24.3 Å². The molecule has 3 aromatic rings. The smallest absolute Gasteiger partial charge is 0.255 e. The van der Waals surface area contributed by atoms with Crippen molar-refractivity contribution < 1.29 is 23.5 Å². The molecule has 0 saturated carbocycles. The molecule has 8 heteroatoms. The predicted octanol–water partition coefficient (Wildman–Crippen LogP) is 3.80. The summed E-state index contributed by atoms with van der Waals surface area (Å²) in [6, 6.07) is 15.6. The van der Waals surface area contributed by atoms with Gasteiger partial charge in [0.2, 0.25) is 5.91 Å². The van der Waals surface area contributed by atoms with Gasteiger partial charge >= 0.3 is 0 Å². The van der Waals surface area contributed by atoms with Crippen molar-refractivity contribution in [3.63, 3.8) is 0 Å². The molecule has 1 fully saturated rings. The van der Waals surface area contributed by atoms with Crippen molar-refractivity contribution in [2.24, 2.45) is 11.0 Å². The van der Waals surface area contributed by atoms with E-state index in [9.17, 15) is 23.5 Å². The summed E-state index contributed by atoms with van der Waals surface area (Å²) in [5.41, 5.74) is 2.53. The number of halogens is 2. The summed E-state index contributed by atoms with van der Waals surface area (Å²) in [4.78, 5) is 28.1. The first-order valence-electron chi connectivity index (χ1n) is 10.9.